The van der Waals surface area contributed by atoms with E-state index in [1.165, 1.54) is 38.8 Å². The Morgan fingerprint density at radius 2 is 2.00 bits per heavy atom. The molecule has 0 radical (unpaired) electrons. The average molecular weight is 235 g/mol. The lowest BCUT2D eigenvalue weighted by Crippen LogP contribution is -2.30. The molecule has 1 saturated heterocycles. The predicted octanol–water partition coefficient (Wildman–Crippen LogP) is 1.35. The van der Waals surface area contributed by atoms with Crippen LogP contribution in [0, 0.1) is 0 Å². The van der Waals surface area contributed by atoms with Crippen LogP contribution in [-0.4, -0.2) is 41.0 Å². The summed E-state index contributed by atoms with van der Waals surface area (Å²) < 4.78 is 0. The highest BCUT2D eigenvalue weighted by Crippen LogP contribution is 2.09. The molecule has 1 aliphatic heterocycles. The second kappa shape index (κ2) is 6.39. The summed E-state index contributed by atoms with van der Waals surface area (Å²) in [5.41, 5.74) is 5.52. The van der Waals surface area contributed by atoms with Crippen molar-refractivity contribution in [3.8, 4) is 0 Å². The summed E-state index contributed by atoms with van der Waals surface area (Å²) in [5, 5.41) is 3.28. The van der Waals surface area contributed by atoms with Crippen molar-refractivity contribution in [3.63, 3.8) is 0 Å². The molecule has 1 aromatic heterocycles. The van der Waals surface area contributed by atoms with Gasteiger partial charge in [-0.25, -0.2) is 4.98 Å². The Morgan fingerprint density at radius 3 is 2.71 bits per heavy atom. The van der Waals surface area contributed by atoms with Gasteiger partial charge in [0.25, 0.3) is 0 Å². The molecule has 3 N–H and O–H groups in total. The third-order valence-corrected chi connectivity index (χ3v) is 3.11. The van der Waals surface area contributed by atoms with E-state index in [0.29, 0.717) is 5.95 Å². The number of nitrogens with one attached hydrogen (secondary N) is 1. The van der Waals surface area contributed by atoms with Crippen LogP contribution in [0.5, 0.6) is 0 Å². The van der Waals surface area contributed by atoms with Crippen molar-refractivity contribution in [1.29, 1.82) is 0 Å². The van der Waals surface area contributed by atoms with Crippen molar-refractivity contribution >= 4 is 11.8 Å². The van der Waals surface area contributed by atoms with Crippen LogP contribution in [0.1, 0.15) is 25.7 Å². The number of rotatable bonds is 4. The Bertz CT molecular complexity index is 333. The summed E-state index contributed by atoms with van der Waals surface area (Å²) in [6.45, 7) is 4.45. The maximum atomic E-state index is 5.52. The van der Waals surface area contributed by atoms with E-state index in [-0.39, 0.29) is 0 Å². The van der Waals surface area contributed by atoms with E-state index in [1.807, 2.05) is 6.07 Å². The van der Waals surface area contributed by atoms with Gasteiger partial charge in [0.15, 0.2) is 0 Å². The monoisotopic (exact) mass is 235 g/mol. The zero-order chi connectivity index (χ0) is 11.9. The lowest BCUT2D eigenvalue weighted by atomic mass is 10.2. The highest BCUT2D eigenvalue weighted by Gasteiger charge is 2.07. The second-order valence-electron chi connectivity index (χ2n) is 4.48. The summed E-state index contributed by atoms with van der Waals surface area (Å²) in [4.78, 5) is 10.5. The molecular weight excluding hydrogens is 214 g/mol. The van der Waals surface area contributed by atoms with Crippen molar-refractivity contribution in [2.45, 2.75) is 25.7 Å². The number of nitrogen functional groups attached to an aromatic ring is 1. The molecule has 1 fully saturated rings. The van der Waals surface area contributed by atoms with Crippen LogP contribution in [0.2, 0.25) is 0 Å². The number of hydrogen-bond acceptors (Lipinski definition) is 5. The highest BCUT2D eigenvalue weighted by molar-refractivity contribution is 5.37. The number of hydrogen-bond donors (Lipinski definition) is 2. The molecule has 0 aliphatic carbocycles. The topological polar surface area (TPSA) is 67.1 Å². The number of anilines is 2. The molecule has 2 heterocycles. The van der Waals surface area contributed by atoms with Crippen molar-refractivity contribution < 1.29 is 0 Å². The molecule has 0 bridgehead atoms. The lowest BCUT2D eigenvalue weighted by Gasteiger charge is -2.19. The molecule has 1 aliphatic rings. The normalized spacial score (nSPS) is 17.6. The molecule has 0 spiro atoms. The zero-order valence-electron chi connectivity index (χ0n) is 10.2. The molecule has 0 atom stereocenters. The maximum absolute atomic E-state index is 5.52. The summed E-state index contributed by atoms with van der Waals surface area (Å²) in [6, 6.07) is 1.85. The van der Waals surface area contributed by atoms with Crippen LogP contribution in [0.3, 0.4) is 0 Å². The molecule has 5 heteroatoms. The Labute approximate surface area is 102 Å². The van der Waals surface area contributed by atoms with Crippen LogP contribution in [0.4, 0.5) is 11.8 Å². The van der Waals surface area contributed by atoms with E-state index >= 15 is 0 Å². The summed E-state index contributed by atoms with van der Waals surface area (Å²) in [7, 11) is 0. The molecule has 0 amide bonds. The van der Waals surface area contributed by atoms with Gasteiger partial charge in [0, 0.05) is 19.3 Å². The minimum absolute atomic E-state index is 0.324. The van der Waals surface area contributed by atoms with Gasteiger partial charge in [-0.05, 0) is 32.0 Å². The smallest absolute Gasteiger partial charge is 0.221 e. The average Bonchev–Trinajstić information content (AvgIpc) is 2.58. The van der Waals surface area contributed by atoms with Gasteiger partial charge in [-0.2, -0.15) is 4.98 Å². The minimum Gasteiger partial charge on any atom is -0.369 e. The highest BCUT2D eigenvalue weighted by atomic mass is 15.1. The van der Waals surface area contributed by atoms with Crippen molar-refractivity contribution in [2.75, 3.05) is 37.2 Å². The number of nitrogens with zero attached hydrogens (tertiary/aromatic N) is 3. The van der Waals surface area contributed by atoms with E-state index in [0.717, 1.165) is 18.9 Å². The molecule has 0 unspecified atom stereocenters. The Kier molecular flexibility index (Phi) is 4.55. The van der Waals surface area contributed by atoms with Crippen LogP contribution in [0.15, 0.2) is 12.3 Å². The van der Waals surface area contributed by atoms with Gasteiger partial charge in [0.05, 0.1) is 0 Å². The van der Waals surface area contributed by atoms with Gasteiger partial charge in [-0.3, -0.25) is 0 Å². The first-order valence-corrected chi connectivity index (χ1v) is 6.39. The molecule has 94 valence electrons. The first-order chi connectivity index (χ1) is 8.34. The van der Waals surface area contributed by atoms with Gasteiger partial charge in [-0.15, -0.1) is 0 Å². The molecule has 5 nitrogen and oxygen atoms in total. The number of likely N-dealkylation sites (tertiary alicyclic amines) is 1. The Hall–Kier alpha value is -1.36. The van der Waals surface area contributed by atoms with Crippen LogP contribution in [-0.2, 0) is 0 Å². The van der Waals surface area contributed by atoms with Crippen molar-refractivity contribution in [1.82, 2.24) is 14.9 Å². The van der Waals surface area contributed by atoms with Crippen molar-refractivity contribution in [2.24, 2.45) is 0 Å². The quantitative estimate of drug-likeness (QED) is 0.824. The zero-order valence-corrected chi connectivity index (χ0v) is 10.2. The molecule has 0 saturated carbocycles. The standard InChI is InChI=1S/C12H21N5/c13-12-15-6-5-11(16-12)14-7-10-17-8-3-1-2-4-9-17/h5-6H,1-4,7-10H2,(H3,13,14,15,16). The first kappa shape index (κ1) is 12.1. The predicted molar refractivity (Wildman–Crippen MR) is 69.8 cm³/mol. The first-order valence-electron chi connectivity index (χ1n) is 6.39. The van der Waals surface area contributed by atoms with Crippen LogP contribution >= 0.6 is 0 Å². The third-order valence-electron chi connectivity index (χ3n) is 3.11. The maximum Gasteiger partial charge on any atom is 0.221 e. The van der Waals surface area contributed by atoms with Crippen LogP contribution < -0.4 is 11.1 Å². The minimum atomic E-state index is 0.324. The Morgan fingerprint density at radius 1 is 1.24 bits per heavy atom. The summed E-state index contributed by atoms with van der Waals surface area (Å²) in [6.07, 6.45) is 7.11. The van der Waals surface area contributed by atoms with Gasteiger partial charge in [-0.1, -0.05) is 12.8 Å². The number of aromatic nitrogens is 2. The third kappa shape index (κ3) is 4.19. The summed E-state index contributed by atoms with van der Waals surface area (Å²) >= 11 is 0. The molecule has 17 heavy (non-hydrogen) atoms. The number of nitrogens with two attached hydrogens (primary N) is 1. The lowest BCUT2D eigenvalue weighted by molar-refractivity contribution is 0.296. The van der Waals surface area contributed by atoms with E-state index < -0.39 is 0 Å². The van der Waals surface area contributed by atoms with Gasteiger partial charge >= 0.3 is 0 Å². The second-order valence-corrected chi connectivity index (χ2v) is 4.48. The van der Waals surface area contributed by atoms with E-state index in [1.54, 1.807) is 6.20 Å². The fourth-order valence-corrected chi connectivity index (χ4v) is 2.17. The largest absolute Gasteiger partial charge is 0.369 e. The van der Waals surface area contributed by atoms with Gasteiger partial charge in [0.2, 0.25) is 5.95 Å². The van der Waals surface area contributed by atoms with E-state index in [9.17, 15) is 0 Å². The molecule has 0 aromatic carbocycles. The fourth-order valence-electron chi connectivity index (χ4n) is 2.17. The SMILES string of the molecule is Nc1nccc(NCCN2CCCCCC2)n1. The van der Waals surface area contributed by atoms with E-state index in [2.05, 4.69) is 20.2 Å². The van der Waals surface area contributed by atoms with E-state index in [4.69, 9.17) is 5.73 Å². The molecular formula is C12H21N5. The van der Waals surface area contributed by atoms with Crippen LogP contribution in [0.25, 0.3) is 0 Å². The Balaban J connectivity index is 1.71. The molecule has 2 rings (SSSR count). The van der Waals surface area contributed by atoms with Crippen molar-refractivity contribution in [3.05, 3.63) is 12.3 Å². The molecule has 1 aromatic rings. The summed E-state index contributed by atoms with van der Waals surface area (Å²) in [5.74, 6) is 1.14. The van der Waals surface area contributed by atoms with Gasteiger partial charge in [0.1, 0.15) is 5.82 Å². The fraction of sp³-hybridized carbons (Fsp3) is 0.667. The van der Waals surface area contributed by atoms with Gasteiger partial charge < -0.3 is 16.0 Å².